The van der Waals surface area contributed by atoms with Gasteiger partial charge in [0, 0.05) is 24.9 Å². The number of thiophene rings is 1. The molecule has 0 radical (unpaired) electrons. The van der Waals surface area contributed by atoms with Crippen LogP contribution in [0.25, 0.3) is 0 Å². The Bertz CT molecular complexity index is 864. The molecular formula is C22H28N2O4S. The Hall–Kier alpha value is -2.54. The summed E-state index contributed by atoms with van der Waals surface area (Å²) in [7, 11) is 0. The van der Waals surface area contributed by atoms with Crippen LogP contribution in [0.1, 0.15) is 42.7 Å². The molecule has 2 aromatic rings. The summed E-state index contributed by atoms with van der Waals surface area (Å²) in [5.74, 6) is 1.31. The molecule has 0 aliphatic carbocycles. The smallest absolute Gasteiger partial charge is 0.242 e. The molecule has 0 fully saturated rings. The van der Waals surface area contributed by atoms with E-state index in [-0.39, 0.29) is 25.2 Å². The maximum atomic E-state index is 13.2. The fourth-order valence-electron chi connectivity index (χ4n) is 3.19. The molecule has 1 aromatic heterocycles. The van der Waals surface area contributed by atoms with Gasteiger partial charge in [-0.1, -0.05) is 19.4 Å². The normalized spacial score (nSPS) is 12.1. The van der Waals surface area contributed by atoms with Crippen molar-refractivity contribution >= 4 is 23.2 Å². The first kappa shape index (κ1) is 21.2. The summed E-state index contributed by atoms with van der Waals surface area (Å²) in [5.41, 5.74) is 2.15. The van der Waals surface area contributed by atoms with Gasteiger partial charge >= 0.3 is 0 Å². The van der Waals surface area contributed by atoms with E-state index in [9.17, 15) is 9.59 Å². The van der Waals surface area contributed by atoms with E-state index in [4.69, 9.17) is 9.47 Å². The molecule has 1 aliphatic rings. The molecule has 2 amide bonds. The lowest BCUT2D eigenvalue weighted by Crippen LogP contribution is -2.42. The number of hydrogen-bond donors (Lipinski definition) is 0. The lowest BCUT2D eigenvalue weighted by atomic mass is 10.1. The van der Waals surface area contributed by atoms with Crippen molar-refractivity contribution in [2.45, 2.75) is 46.7 Å². The molecule has 6 nitrogen and oxygen atoms in total. The third-order valence-electron chi connectivity index (χ3n) is 5.02. The Morgan fingerprint density at radius 1 is 1.10 bits per heavy atom. The topological polar surface area (TPSA) is 59.1 Å². The number of unbranched alkanes of at least 4 members (excludes halogenated alkanes) is 1. The third kappa shape index (κ3) is 5.50. The molecule has 1 aliphatic heterocycles. The number of carbonyl (C=O) groups is 2. The maximum absolute atomic E-state index is 13.2. The fourth-order valence-corrected chi connectivity index (χ4v) is 4.11. The minimum atomic E-state index is -0.0675. The first-order chi connectivity index (χ1) is 14.0. The number of amides is 2. The third-order valence-corrected chi connectivity index (χ3v) is 6.03. The summed E-state index contributed by atoms with van der Waals surface area (Å²) in [6, 6.07) is 7.81. The molecule has 0 spiro atoms. The highest BCUT2D eigenvalue weighted by Crippen LogP contribution is 2.33. The number of carbonyl (C=O) groups excluding carboxylic acids is 2. The Balaban J connectivity index is 1.77. The van der Waals surface area contributed by atoms with E-state index in [2.05, 4.69) is 19.9 Å². The van der Waals surface area contributed by atoms with Crippen molar-refractivity contribution in [2.75, 3.05) is 19.9 Å². The Morgan fingerprint density at radius 3 is 2.59 bits per heavy atom. The van der Waals surface area contributed by atoms with Crippen LogP contribution in [0.3, 0.4) is 0 Å². The molecule has 2 heterocycles. The van der Waals surface area contributed by atoms with E-state index < -0.39 is 0 Å². The summed E-state index contributed by atoms with van der Waals surface area (Å²) in [6.07, 6.45) is 1.87. The van der Waals surface area contributed by atoms with Crippen molar-refractivity contribution in [3.63, 3.8) is 0 Å². The van der Waals surface area contributed by atoms with Crippen LogP contribution in [-0.2, 0) is 22.7 Å². The van der Waals surface area contributed by atoms with Crippen LogP contribution in [0.15, 0.2) is 29.6 Å². The highest BCUT2D eigenvalue weighted by molar-refractivity contribution is 7.10. The average Bonchev–Trinajstić information content (AvgIpc) is 3.32. The molecule has 3 rings (SSSR count). The zero-order chi connectivity index (χ0) is 20.8. The number of benzene rings is 1. The van der Waals surface area contributed by atoms with Crippen LogP contribution in [-0.4, -0.2) is 41.5 Å². The summed E-state index contributed by atoms with van der Waals surface area (Å²) < 4.78 is 10.8. The minimum absolute atomic E-state index is 0.0539. The predicted octanol–water partition coefficient (Wildman–Crippen LogP) is 3.96. The first-order valence-corrected chi connectivity index (χ1v) is 10.8. The van der Waals surface area contributed by atoms with Gasteiger partial charge in [-0.3, -0.25) is 9.59 Å². The van der Waals surface area contributed by atoms with Crippen LogP contribution < -0.4 is 9.47 Å². The zero-order valence-electron chi connectivity index (χ0n) is 17.3. The summed E-state index contributed by atoms with van der Waals surface area (Å²) >= 11 is 1.65. The average molecular weight is 417 g/mol. The van der Waals surface area contributed by atoms with Gasteiger partial charge in [0.15, 0.2) is 11.5 Å². The Morgan fingerprint density at radius 2 is 1.90 bits per heavy atom. The van der Waals surface area contributed by atoms with E-state index in [1.807, 2.05) is 28.5 Å². The molecule has 156 valence electrons. The van der Waals surface area contributed by atoms with Crippen LogP contribution in [0.4, 0.5) is 0 Å². The van der Waals surface area contributed by atoms with Gasteiger partial charge in [-0.2, -0.15) is 0 Å². The first-order valence-electron chi connectivity index (χ1n) is 9.92. The molecule has 0 saturated heterocycles. The van der Waals surface area contributed by atoms with Crippen molar-refractivity contribution in [1.82, 2.24) is 9.80 Å². The highest BCUT2D eigenvalue weighted by atomic mass is 32.1. The summed E-state index contributed by atoms with van der Waals surface area (Å²) in [4.78, 5) is 29.8. The van der Waals surface area contributed by atoms with Crippen molar-refractivity contribution in [2.24, 2.45) is 0 Å². The quantitative estimate of drug-likeness (QED) is 0.621. The molecule has 29 heavy (non-hydrogen) atoms. The molecule has 0 unspecified atom stereocenters. The van der Waals surface area contributed by atoms with Crippen molar-refractivity contribution < 1.29 is 19.1 Å². The van der Waals surface area contributed by atoms with Gasteiger partial charge in [0.1, 0.15) is 0 Å². The number of aryl methyl sites for hydroxylation is 1. The number of fused-ring (bicyclic) bond motifs is 1. The van der Waals surface area contributed by atoms with Crippen LogP contribution >= 0.6 is 11.3 Å². The van der Waals surface area contributed by atoms with Gasteiger partial charge in [-0.15, -0.1) is 11.3 Å². The van der Waals surface area contributed by atoms with Gasteiger partial charge < -0.3 is 19.3 Å². The lowest BCUT2D eigenvalue weighted by Gasteiger charge is -2.27. The van der Waals surface area contributed by atoms with Crippen molar-refractivity contribution in [1.29, 1.82) is 0 Å². The standard InChI is InChI=1S/C22H28N2O4S/c1-4-5-9-23(17(3)25)14-22(26)24(13-21-16(2)8-10-29-21)12-18-6-7-19-20(11-18)28-15-27-19/h6-8,10-11H,4-5,9,12-15H2,1-3H3. The van der Waals surface area contributed by atoms with Gasteiger partial charge in [-0.05, 0) is 48.1 Å². The van der Waals surface area contributed by atoms with Gasteiger partial charge in [0.05, 0.1) is 13.1 Å². The monoisotopic (exact) mass is 416 g/mol. The molecule has 0 saturated carbocycles. The number of hydrogen-bond acceptors (Lipinski definition) is 5. The number of rotatable bonds is 9. The summed E-state index contributed by atoms with van der Waals surface area (Å²) in [6.45, 7) is 7.56. The molecule has 7 heteroatoms. The van der Waals surface area contributed by atoms with E-state index in [0.29, 0.717) is 25.4 Å². The predicted molar refractivity (Wildman–Crippen MR) is 113 cm³/mol. The SMILES string of the molecule is CCCCN(CC(=O)N(Cc1ccc2c(c1)OCO2)Cc1sccc1C)C(C)=O. The lowest BCUT2D eigenvalue weighted by molar-refractivity contribution is -0.140. The van der Waals surface area contributed by atoms with Gasteiger partial charge in [0.2, 0.25) is 18.6 Å². The maximum Gasteiger partial charge on any atom is 0.242 e. The van der Waals surface area contributed by atoms with E-state index in [1.54, 1.807) is 16.2 Å². The fraction of sp³-hybridized carbons (Fsp3) is 0.455. The van der Waals surface area contributed by atoms with E-state index in [1.165, 1.54) is 12.5 Å². The second kappa shape index (κ2) is 9.78. The second-order valence-corrected chi connectivity index (χ2v) is 8.26. The van der Waals surface area contributed by atoms with Crippen molar-refractivity contribution in [3.05, 3.63) is 45.6 Å². The van der Waals surface area contributed by atoms with E-state index >= 15 is 0 Å². The summed E-state index contributed by atoms with van der Waals surface area (Å²) in [5, 5.41) is 2.04. The largest absolute Gasteiger partial charge is 0.454 e. The van der Waals surface area contributed by atoms with Crippen LogP contribution in [0.5, 0.6) is 11.5 Å². The Labute approximate surface area is 176 Å². The molecule has 0 atom stereocenters. The van der Waals surface area contributed by atoms with Crippen molar-refractivity contribution in [3.8, 4) is 11.5 Å². The zero-order valence-corrected chi connectivity index (χ0v) is 18.1. The molecule has 1 aromatic carbocycles. The number of nitrogens with zero attached hydrogens (tertiary/aromatic N) is 2. The van der Waals surface area contributed by atoms with Crippen LogP contribution in [0, 0.1) is 6.92 Å². The second-order valence-electron chi connectivity index (χ2n) is 7.26. The highest BCUT2D eigenvalue weighted by Gasteiger charge is 2.22. The van der Waals surface area contributed by atoms with Gasteiger partial charge in [-0.25, -0.2) is 0 Å². The molecule has 0 bridgehead atoms. The minimum Gasteiger partial charge on any atom is -0.454 e. The molecular weight excluding hydrogens is 388 g/mol. The van der Waals surface area contributed by atoms with Gasteiger partial charge in [0.25, 0.3) is 0 Å². The Kier molecular flexibility index (Phi) is 7.14. The molecule has 0 N–H and O–H groups in total. The van der Waals surface area contributed by atoms with E-state index in [0.717, 1.165) is 29.0 Å². The van der Waals surface area contributed by atoms with Crippen LogP contribution in [0.2, 0.25) is 0 Å². The number of ether oxygens (including phenoxy) is 2.